The van der Waals surface area contributed by atoms with E-state index in [0.717, 1.165) is 18.8 Å². The summed E-state index contributed by atoms with van der Waals surface area (Å²) in [4.78, 5) is 6.39. The van der Waals surface area contributed by atoms with Gasteiger partial charge in [-0.1, -0.05) is 20.3 Å². The highest BCUT2D eigenvalue weighted by Gasteiger charge is 2.28. The Morgan fingerprint density at radius 1 is 1.22 bits per heavy atom. The van der Waals surface area contributed by atoms with Crippen LogP contribution in [0.3, 0.4) is 0 Å². The maximum absolute atomic E-state index is 6.33. The second-order valence-electron chi connectivity index (χ2n) is 4.73. The molecule has 1 rings (SSSR count). The molecule has 0 amide bonds. The normalized spacial score (nSPS) is 18.7. The molecule has 1 saturated carbocycles. The topological polar surface area (TPSA) is 65.7 Å². The predicted octanol–water partition coefficient (Wildman–Crippen LogP) is 1.32. The molecule has 0 aliphatic heterocycles. The average molecular weight is 257 g/mol. The van der Waals surface area contributed by atoms with Gasteiger partial charge in [-0.25, -0.2) is 4.99 Å². The number of nitrogens with zero attached hydrogens (tertiary/aromatic N) is 2. The second-order valence-corrected chi connectivity index (χ2v) is 4.73. The lowest BCUT2D eigenvalue weighted by Gasteiger charge is -2.36. The van der Waals surface area contributed by atoms with Gasteiger partial charge in [-0.3, -0.25) is 0 Å². The van der Waals surface area contributed by atoms with Crippen LogP contribution in [0.25, 0.3) is 0 Å². The molecule has 1 fully saturated rings. The molecule has 4 N–H and O–H groups in total. The minimum absolute atomic E-state index is 0.269. The Kier molecular flexibility index (Phi) is 8.75. The molecule has 5 heteroatoms. The summed E-state index contributed by atoms with van der Waals surface area (Å²) in [5.74, 6) is 0.860. The molecule has 0 aromatic rings. The summed E-state index contributed by atoms with van der Waals surface area (Å²) < 4.78 is 0. The van der Waals surface area contributed by atoms with Gasteiger partial charge in [-0.05, 0) is 32.7 Å². The van der Waals surface area contributed by atoms with E-state index in [1.807, 2.05) is 39.9 Å². The lowest BCUT2D eigenvalue weighted by molar-refractivity contribution is 0.266. The molecule has 108 valence electrons. The van der Waals surface area contributed by atoms with Gasteiger partial charge in [0.1, 0.15) is 0 Å². The highest BCUT2D eigenvalue weighted by atomic mass is 15.3. The maximum atomic E-state index is 6.33. The van der Waals surface area contributed by atoms with E-state index in [1.165, 1.54) is 19.3 Å². The number of nitrogens with one attached hydrogen (secondary N) is 2. The van der Waals surface area contributed by atoms with E-state index >= 15 is 0 Å². The highest BCUT2D eigenvalue weighted by molar-refractivity contribution is 5.80. The van der Waals surface area contributed by atoms with Crippen molar-refractivity contribution in [3.8, 4) is 0 Å². The standard InChI is InChI=1S/C11H25N5.C2H6/c1-13-9-14-10(16(2)3)15-11(12)7-5-4-6-8-11;1-2/h13H,4-9,12H2,1-3H3,(H,14,15);1-2H3. The molecule has 0 spiro atoms. The zero-order valence-electron chi connectivity index (χ0n) is 12.7. The molecule has 1 aliphatic rings. The van der Waals surface area contributed by atoms with Crippen molar-refractivity contribution < 1.29 is 0 Å². The largest absolute Gasteiger partial charge is 0.349 e. The van der Waals surface area contributed by atoms with Crippen LogP contribution in [-0.2, 0) is 0 Å². The molecule has 0 unspecified atom stereocenters. The lowest BCUT2D eigenvalue weighted by atomic mass is 9.90. The number of nitrogens with two attached hydrogens (primary N) is 1. The van der Waals surface area contributed by atoms with E-state index < -0.39 is 0 Å². The first-order valence-electron chi connectivity index (χ1n) is 7.01. The summed E-state index contributed by atoms with van der Waals surface area (Å²) in [7, 11) is 5.84. The van der Waals surface area contributed by atoms with Crippen LogP contribution in [0.1, 0.15) is 46.0 Å². The molecule has 0 radical (unpaired) electrons. The van der Waals surface area contributed by atoms with Crippen LogP contribution < -0.4 is 16.4 Å². The van der Waals surface area contributed by atoms with Crippen molar-refractivity contribution in [2.24, 2.45) is 10.7 Å². The Morgan fingerprint density at radius 3 is 2.22 bits per heavy atom. The van der Waals surface area contributed by atoms with Crippen molar-refractivity contribution in [3.05, 3.63) is 0 Å². The molecule has 18 heavy (non-hydrogen) atoms. The fraction of sp³-hybridized carbons (Fsp3) is 0.923. The van der Waals surface area contributed by atoms with Gasteiger partial charge in [-0.2, -0.15) is 0 Å². The third-order valence-corrected chi connectivity index (χ3v) is 2.92. The van der Waals surface area contributed by atoms with Gasteiger partial charge in [0.2, 0.25) is 0 Å². The fourth-order valence-electron chi connectivity index (χ4n) is 1.98. The van der Waals surface area contributed by atoms with Gasteiger partial charge in [0.25, 0.3) is 0 Å². The Morgan fingerprint density at radius 2 is 1.78 bits per heavy atom. The zero-order valence-corrected chi connectivity index (χ0v) is 12.7. The van der Waals surface area contributed by atoms with E-state index in [4.69, 9.17) is 5.73 Å². The molecule has 5 nitrogen and oxygen atoms in total. The molecule has 0 aromatic carbocycles. The van der Waals surface area contributed by atoms with Crippen LogP contribution in [0.5, 0.6) is 0 Å². The van der Waals surface area contributed by atoms with Crippen LogP contribution in [0.4, 0.5) is 0 Å². The summed E-state index contributed by atoms with van der Waals surface area (Å²) in [5, 5.41) is 6.39. The Hall–Kier alpha value is -0.810. The van der Waals surface area contributed by atoms with E-state index in [0.29, 0.717) is 6.67 Å². The quantitative estimate of drug-likeness (QED) is 0.405. The maximum Gasteiger partial charge on any atom is 0.196 e. The zero-order chi connectivity index (χ0) is 14.0. The minimum Gasteiger partial charge on any atom is -0.349 e. The van der Waals surface area contributed by atoms with Crippen LogP contribution in [0.15, 0.2) is 4.99 Å². The van der Waals surface area contributed by atoms with Gasteiger partial charge in [-0.15, -0.1) is 0 Å². The summed E-state index contributed by atoms with van der Waals surface area (Å²) in [5.41, 5.74) is 6.06. The highest BCUT2D eigenvalue weighted by Crippen LogP contribution is 2.23. The van der Waals surface area contributed by atoms with Crippen LogP contribution in [0.2, 0.25) is 0 Å². The van der Waals surface area contributed by atoms with Gasteiger partial charge < -0.3 is 21.3 Å². The number of hydrogen-bond acceptors (Lipinski definition) is 3. The van der Waals surface area contributed by atoms with Crippen molar-refractivity contribution in [3.63, 3.8) is 0 Å². The minimum atomic E-state index is -0.269. The first-order valence-corrected chi connectivity index (χ1v) is 7.01. The number of aliphatic imine (C=N–C) groups is 1. The fourth-order valence-corrected chi connectivity index (χ4v) is 1.98. The van der Waals surface area contributed by atoms with Crippen LogP contribution in [0, 0.1) is 0 Å². The van der Waals surface area contributed by atoms with Crippen molar-refractivity contribution >= 4 is 5.96 Å². The van der Waals surface area contributed by atoms with E-state index in [1.54, 1.807) is 0 Å². The van der Waals surface area contributed by atoms with Crippen LogP contribution in [-0.4, -0.2) is 44.3 Å². The predicted molar refractivity (Wildman–Crippen MR) is 79.5 cm³/mol. The van der Waals surface area contributed by atoms with Crippen LogP contribution >= 0.6 is 0 Å². The van der Waals surface area contributed by atoms with Gasteiger partial charge >= 0.3 is 0 Å². The Balaban J connectivity index is 0.00000137. The molecule has 1 aliphatic carbocycles. The van der Waals surface area contributed by atoms with Crippen molar-refractivity contribution in [2.45, 2.75) is 51.6 Å². The van der Waals surface area contributed by atoms with E-state index in [2.05, 4.69) is 15.6 Å². The van der Waals surface area contributed by atoms with Crippen molar-refractivity contribution in [1.82, 2.24) is 15.5 Å². The van der Waals surface area contributed by atoms with Gasteiger partial charge in [0.15, 0.2) is 5.96 Å². The lowest BCUT2D eigenvalue weighted by Crippen LogP contribution is -2.59. The average Bonchev–Trinajstić information content (AvgIpc) is 2.37. The summed E-state index contributed by atoms with van der Waals surface area (Å²) >= 11 is 0. The SMILES string of the molecule is CC.CNC/N=C(\NC1(N)CCCCC1)N(C)C. The van der Waals surface area contributed by atoms with Crippen molar-refractivity contribution in [1.29, 1.82) is 0 Å². The van der Waals surface area contributed by atoms with E-state index in [-0.39, 0.29) is 5.66 Å². The second kappa shape index (κ2) is 9.16. The third-order valence-electron chi connectivity index (χ3n) is 2.92. The van der Waals surface area contributed by atoms with Gasteiger partial charge in [0, 0.05) is 14.1 Å². The summed E-state index contributed by atoms with van der Waals surface area (Å²) in [6.45, 7) is 4.61. The molecule has 0 heterocycles. The van der Waals surface area contributed by atoms with Gasteiger partial charge in [0.05, 0.1) is 12.3 Å². The summed E-state index contributed by atoms with van der Waals surface area (Å²) in [6.07, 6.45) is 5.76. The molecular formula is C13H31N5. The molecule has 0 atom stereocenters. The third kappa shape index (κ3) is 6.21. The monoisotopic (exact) mass is 257 g/mol. The first kappa shape index (κ1) is 17.2. The molecule has 0 aromatic heterocycles. The number of hydrogen-bond donors (Lipinski definition) is 3. The summed E-state index contributed by atoms with van der Waals surface area (Å²) in [6, 6.07) is 0. The van der Waals surface area contributed by atoms with E-state index in [9.17, 15) is 0 Å². The smallest absolute Gasteiger partial charge is 0.196 e. The Bertz CT molecular complexity index is 232. The van der Waals surface area contributed by atoms with Crippen molar-refractivity contribution in [2.75, 3.05) is 27.8 Å². The molecule has 0 bridgehead atoms. The number of rotatable bonds is 3. The first-order chi connectivity index (χ1) is 8.57. The molecule has 0 saturated heterocycles. The molecular weight excluding hydrogens is 226 g/mol. The number of guanidine groups is 1. The Labute approximate surface area is 112 Å².